The number of nitro benzene ring substituents is 1. The zero-order chi connectivity index (χ0) is 14.9. The molecule has 2 unspecified atom stereocenters. The molecule has 0 radical (unpaired) electrons. The highest BCUT2D eigenvalue weighted by Gasteiger charge is 2.28. The first-order valence-electron chi connectivity index (χ1n) is 6.61. The van der Waals surface area contributed by atoms with Crippen molar-refractivity contribution in [2.75, 3.05) is 13.1 Å². The first-order valence-corrected chi connectivity index (χ1v) is 6.61. The van der Waals surface area contributed by atoms with Crippen LogP contribution in [0.3, 0.4) is 0 Å². The molecule has 0 aliphatic carbocycles. The molecule has 2 atom stereocenters. The van der Waals surface area contributed by atoms with E-state index in [-0.39, 0.29) is 11.3 Å². The van der Waals surface area contributed by atoms with Crippen LogP contribution < -0.4 is 0 Å². The number of hydrogen-bond donors (Lipinski definition) is 0. The highest BCUT2D eigenvalue weighted by atomic mass is 19.1. The maximum absolute atomic E-state index is 13.8. The molecule has 0 saturated carbocycles. The molecule has 0 bridgehead atoms. The molecule has 1 fully saturated rings. The normalized spacial score (nSPS) is 22.6. The van der Waals surface area contributed by atoms with Gasteiger partial charge in [-0.2, -0.15) is 0 Å². The fourth-order valence-corrected chi connectivity index (χ4v) is 2.79. The van der Waals surface area contributed by atoms with Gasteiger partial charge in [-0.1, -0.05) is 13.8 Å². The summed E-state index contributed by atoms with van der Waals surface area (Å²) in [5, 5.41) is 10.7. The lowest BCUT2D eigenvalue weighted by Gasteiger charge is -2.35. The van der Waals surface area contributed by atoms with E-state index in [4.69, 9.17) is 0 Å². The van der Waals surface area contributed by atoms with Gasteiger partial charge < -0.3 is 4.90 Å². The molecule has 0 aromatic heterocycles. The van der Waals surface area contributed by atoms with Crippen LogP contribution in [0.25, 0.3) is 0 Å². The van der Waals surface area contributed by atoms with E-state index in [0.29, 0.717) is 24.9 Å². The fourth-order valence-electron chi connectivity index (χ4n) is 2.79. The monoisotopic (exact) mass is 280 g/mol. The average molecular weight is 280 g/mol. The molecule has 1 aromatic carbocycles. The van der Waals surface area contributed by atoms with Crippen LogP contribution in [0.1, 0.15) is 30.6 Å². The summed E-state index contributed by atoms with van der Waals surface area (Å²) in [4.78, 5) is 24.0. The third kappa shape index (κ3) is 2.95. The maximum Gasteiger partial charge on any atom is 0.270 e. The van der Waals surface area contributed by atoms with Gasteiger partial charge in [-0.15, -0.1) is 0 Å². The molecule has 2 rings (SSSR count). The van der Waals surface area contributed by atoms with Crippen molar-refractivity contribution < 1.29 is 14.1 Å². The number of nitro groups is 1. The minimum Gasteiger partial charge on any atom is -0.338 e. The summed E-state index contributed by atoms with van der Waals surface area (Å²) < 4.78 is 13.8. The van der Waals surface area contributed by atoms with Crippen LogP contribution >= 0.6 is 0 Å². The molecule has 1 aliphatic heterocycles. The lowest BCUT2D eigenvalue weighted by atomic mass is 9.91. The number of nitrogens with zero attached hydrogens (tertiary/aromatic N) is 2. The van der Waals surface area contributed by atoms with Gasteiger partial charge in [-0.3, -0.25) is 14.9 Å². The molecule has 1 heterocycles. The second kappa shape index (κ2) is 5.56. The van der Waals surface area contributed by atoms with Gasteiger partial charge in [-0.25, -0.2) is 4.39 Å². The van der Waals surface area contributed by atoms with Crippen molar-refractivity contribution in [2.45, 2.75) is 20.3 Å². The van der Waals surface area contributed by atoms with Crippen molar-refractivity contribution in [1.82, 2.24) is 4.90 Å². The Morgan fingerprint density at radius 2 is 1.95 bits per heavy atom. The van der Waals surface area contributed by atoms with Crippen molar-refractivity contribution in [3.8, 4) is 0 Å². The zero-order valence-electron chi connectivity index (χ0n) is 11.5. The number of rotatable bonds is 2. The van der Waals surface area contributed by atoms with E-state index in [1.807, 2.05) is 13.8 Å². The zero-order valence-corrected chi connectivity index (χ0v) is 11.5. The van der Waals surface area contributed by atoms with Gasteiger partial charge in [0.1, 0.15) is 5.82 Å². The van der Waals surface area contributed by atoms with Gasteiger partial charge in [-0.05, 0) is 24.3 Å². The number of likely N-dealkylation sites (tertiary alicyclic amines) is 1. The van der Waals surface area contributed by atoms with E-state index >= 15 is 0 Å². The molecular formula is C14H17FN2O3. The predicted molar refractivity (Wildman–Crippen MR) is 71.9 cm³/mol. The molecule has 5 nitrogen and oxygen atoms in total. The summed E-state index contributed by atoms with van der Waals surface area (Å²) in [6.07, 6.45) is 1.03. The molecule has 6 heteroatoms. The number of halogens is 1. The van der Waals surface area contributed by atoms with Gasteiger partial charge >= 0.3 is 0 Å². The predicted octanol–water partition coefficient (Wildman–Crippen LogP) is 2.85. The molecule has 20 heavy (non-hydrogen) atoms. The first-order chi connectivity index (χ1) is 9.38. The third-order valence-electron chi connectivity index (χ3n) is 3.55. The van der Waals surface area contributed by atoms with Gasteiger partial charge in [0.2, 0.25) is 0 Å². The van der Waals surface area contributed by atoms with Gasteiger partial charge in [0.05, 0.1) is 10.5 Å². The van der Waals surface area contributed by atoms with E-state index in [9.17, 15) is 19.3 Å². The van der Waals surface area contributed by atoms with E-state index in [0.717, 1.165) is 24.6 Å². The number of carbonyl (C=O) groups excluding carboxylic acids is 1. The Hall–Kier alpha value is -1.98. The van der Waals surface area contributed by atoms with Crippen LogP contribution in [0.4, 0.5) is 10.1 Å². The first kappa shape index (κ1) is 14.4. The molecule has 108 valence electrons. The van der Waals surface area contributed by atoms with Gasteiger partial charge in [0.25, 0.3) is 11.6 Å². The van der Waals surface area contributed by atoms with Crippen molar-refractivity contribution >= 4 is 11.6 Å². The minimum absolute atomic E-state index is 0.222. The molecule has 0 spiro atoms. The summed E-state index contributed by atoms with van der Waals surface area (Å²) in [7, 11) is 0. The molecule has 1 aromatic rings. The van der Waals surface area contributed by atoms with E-state index < -0.39 is 16.6 Å². The van der Waals surface area contributed by atoms with Gasteiger partial charge in [0.15, 0.2) is 0 Å². The second-order valence-corrected chi connectivity index (χ2v) is 5.58. The third-order valence-corrected chi connectivity index (χ3v) is 3.55. The smallest absolute Gasteiger partial charge is 0.270 e. The number of amides is 1. The summed E-state index contributed by atoms with van der Waals surface area (Å²) in [6.45, 7) is 5.20. The Balaban J connectivity index is 2.28. The minimum atomic E-state index is -0.716. The van der Waals surface area contributed by atoms with Crippen LogP contribution in [-0.4, -0.2) is 28.8 Å². The number of carbonyl (C=O) groups is 1. The molecular weight excluding hydrogens is 263 g/mol. The van der Waals surface area contributed by atoms with Crippen LogP contribution in [0.5, 0.6) is 0 Å². The summed E-state index contributed by atoms with van der Waals surface area (Å²) in [5.74, 6) is -0.481. The van der Waals surface area contributed by atoms with Crippen LogP contribution in [0, 0.1) is 27.8 Å². The van der Waals surface area contributed by atoms with Crippen LogP contribution in [-0.2, 0) is 0 Å². The molecule has 1 aliphatic rings. The average Bonchev–Trinajstić information content (AvgIpc) is 2.37. The highest BCUT2D eigenvalue weighted by Crippen LogP contribution is 2.24. The van der Waals surface area contributed by atoms with Crippen molar-refractivity contribution in [3.63, 3.8) is 0 Å². The number of benzene rings is 1. The van der Waals surface area contributed by atoms with Crippen molar-refractivity contribution in [1.29, 1.82) is 0 Å². The van der Waals surface area contributed by atoms with Crippen LogP contribution in [0.15, 0.2) is 18.2 Å². The maximum atomic E-state index is 13.8. The largest absolute Gasteiger partial charge is 0.338 e. The van der Waals surface area contributed by atoms with E-state index in [1.54, 1.807) is 4.90 Å². The van der Waals surface area contributed by atoms with Crippen LogP contribution in [0.2, 0.25) is 0 Å². The molecule has 0 N–H and O–H groups in total. The molecule has 1 amide bonds. The lowest BCUT2D eigenvalue weighted by molar-refractivity contribution is -0.384. The number of hydrogen-bond acceptors (Lipinski definition) is 3. The number of non-ortho nitro benzene ring substituents is 1. The summed E-state index contributed by atoms with van der Waals surface area (Å²) >= 11 is 0. The quantitative estimate of drug-likeness (QED) is 0.618. The van der Waals surface area contributed by atoms with Crippen molar-refractivity contribution in [3.05, 3.63) is 39.7 Å². The van der Waals surface area contributed by atoms with E-state index in [1.165, 1.54) is 0 Å². The summed E-state index contributed by atoms with van der Waals surface area (Å²) in [5.41, 5.74) is -0.492. The number of piperidine rings is 1. The van der Waals surface area contributed by atoms with Gasteiger partial charge in [0, 0.05) is 25.2 Å². The highest BCUT2D eigenvalue weighted by molar-refractivity contribution is 5.95. The Morgan fingerprint density at radius 1 is 1.35 bits per heavy atom. The molecule has 1 saturated heterocycles. The Labute approximate surface area is 116 Å². The summed E-state index contributed by atoms with van der Waals surface area (Å²) in [6, 6.07) is 3.05. The lowest BCUT2D eigenvalue weighted by Crippen LogP contribution is -2.42. The Kier molecular flexibility index (Phi) is 4.01. The SMILES string of the molecule is CC1CC(C)CN(C(=O)c2cc([N+](=O)[O-])ccc2F)C1. The van der Waals surface area contributed by atoms with Crippen molar-refractivity contribution in [2.24, 2.45) is 11.8 Å². The topological polar surface area (TPSA) is 63.5 Å². The second-order valence-electron chi connectivity index (χ2n) is 5.58. The fraction of sp³-hybridized carbons (Fsp3) is 0.500. The van der Waals surface area contributed by atoms with E-state index in [2.05, 4.69) is 0 Å². The standard InChI is InChI=1S/C14H17FN2O3/c1-9-5-10(2)8-16(7-9)14(18)12-6-11(17(19)20)3-4-13(12)15/h3-4,6,9-10H,5,7-8H2,1-2H3. The Bertz CT molecular complexity index is 537. The Morgan fingerprint density at radius 3 is 2.50 bits per heavy atom.